The van der Waals surface area contributed by atoms with E-state index in [1.807, 2.05) is 0 Å². The molecule has 0 bridgehead atoms. The van der Waals surface area contributed by atoms with Crippen molar-refractivity contribution >= 4 is 5.97 Å². The van der Waals surface area contributed by atoms with Gasteiger partial charge in [0.25, 0.3) is 0 Å². The van der Waals surface area contributed by atoms with Gasteiger partial charge in [-0.1, -0.05) is 12.1 Å². The van der Waals surface area contributed by atoms with Crippen LogP contribution in [0, 0.1) is 5.82 Å². The maximum absolute atomic E-state index is 12.8. The Bertz CT molecular complexity index is 610. The number of hydrogen-bond donors (Lipinski definition) is 1. The molecule has 0 spiro atoms. The Kier molecular flexibility index (Phi) is 4.77. The second kappa shape index (κ2) is 6.74. The van der Waals surface area contributed by atoms with Gasteiger partial charge >= 0.3 is 5.97 Å². The van der Waals surface area contributed by atoms with Crippen molar-refractivity contribution in [3.63, 3.8) is 0 Å². The number of halogens is 1. The highest BCUT2D eigenvalue weighted by atomic mass is 19.1. The van der Waals surface area contributed by atoms with Crippen LogP contribution in [0.3, 0.4) is 0 Å². The third kappa shape index (κ3) is 3.95. The van der Waals surface area contributed by atoms with Crippen LogP contribution in [-0.4, -0.2) is 24.8 Å². The molecule has 0 amide bonds. The van der Waals surface area contributed by atoms with E-state index in [0.29, 0.717) is 11.3 Å². The van der Waals surface area contributed by atoms with Gasteiger partial charge in [0.1, 0.15) is 29.8 Å². The predicted molar refractivity (Wildman–Crippen MR) is 74.8 cm³/mol. The van der Waals surface area contributed by atoms with Crippen molar-refractivity contribution in [2.45, 2.75) is 5.92 Å². The third-order valence-corrected chi connectivity index (χ3v) is 2.99. The molecule has 2 rings (SSSR count). The van der Waals surface area contributed by atoms with Crippen LogP contribution in [0.4, 0.5) is 4.39 Å². The van der Waals surface area contributed by atoms with E-state index in [0.717, 1.165) is 0 Å². The molecule has 0 fully saturated rings. The highest BCUT2D eigenvalue weighted by molar-refractivity contribution is 5.78. The molecule has 0 saturated heterocycles. The summed E-state index contributed by atoms with van der Waals surface area (Å²) in [5, 5.41) is 9.50. The number of carbonyl (C=O) groups excluding carboxylic acids is 1. The van der Waals surface area contributed by atoms with Gasteiger partial charge in [0.2, 0.25) is 0 Å². The lowest BCUT2D eigenvalue weighted by atomic mass is 10.00. The van der Waals surface area contributed by atoms with Crippen LogP contribution in [0.15, 0.2) is 48.5 Å². The van der Waals surface area contributed by atoms with Crippen molar-refractivity contribution in [2.75, 3.05) is 13.7 Å². The molecule has 1 unspecified atom stereocenters. The zero-order valence-electron chi connectivity index (χ0n) is 11.5. The summed E-state index contributed by atoms with van der Waals surface area (Å²) in [6.45, 7) is 0.0295. The fourth-order valence-electron chi connectivity index (χ4n) is 1.89. The molecule has 0 aliphatic heterocycles. The van der Waals surface area contributed by atoms with Crippen LogP contribution < -0.4 is 4.74 Å². The van der Waals surface area contributed by atoms with E-state index in [4.69, 9.17) is 9.47 Å². The molecule has 4 nitrogen and oxygen atoms in total. The average molecular weight is 290 g/mol. The van der Waals surface area contributed by atoms with Crippen LogP contribution in [0.2, 0.25) is 0 Å². The molecule has 2 aromatic rings. The number of phenols is 1. The first-order valence-electron chi connectivity index (χ1n) is 6.35. The van der Waals surface area contributed by atoms with E-state index >= 15 is 0 Å². The minimum Gasteiger partial charge on any atom is -0.508 e. The standard InChI is InChI=1S/C16H15FO4/c1-20-16(19)15(11-3-2-4-13(18)9-11)10-21-14-7-5-12(17)6-8-14/h2-9,15,18H,10H2,1H3. The van der Waals surface area contributed by atoms with Crippen LogP contribution in [0.25, 0.3) is 0 Å². The van der Waals surface area contributed by atoms with Crippen LogP contribution >= 0.6 is 0 Å². The Morgan fingerprint density at radius 1 is 1.24 bits per heavy atom. The Hall–Kier alpha value is -2.56. The zero-order valence-corrected chi connectivity index (χ0v) is 11.5. The smallest absolute Gasteiger partial charge is 0.316 e. The molecule has 0 radical (unpaired) electrons. The van der Waals surface area contributed by atoms with Crippen LogP contribution in [-0.2, 0) is 9.53 Å². The monoisotopic (exact) mass is 290 g/mol. The van der Waals surface area contributed by atoms with Crippen molar-refractivity contribution in [3.8, 4) is 11.5 Å². The summed E-state index contributed by atoms with van der Waals surface area (Å²) in [7, 11) is 1.29. The van der Waals surface area contributed by atoms with E-state index in [-0.39, 0.29) is 18.2 Å². The summed E-state index contributed by atoms with van der Waals surface area (Å²) in [6.07, 6.45) is 0. The highest BCUT2D eigenvalue weighted by Crippen LogP contribution is 2.23. The first kappa shape index (κ1) is 14.8. The number of ether oxygens (including phenoxy) is 2. The minimum absolute atomic E-state index is 0.0295. The second-order valence-electron chi connectivity index (χ2n) is 4.44. The number of rotatable bonds is 5. The van der Waals surface area contributed by atoms with Gasteiger partial charge in [-0.05, 0) is 42.0 Å². The van der Waals surface area contributed by atoms with E-state index < -0.39 is 11.9 Å². The number of aromatic hydroxyl groups is 1. The van der Waals surface area contributed by atoms with Crippen molar-refractivity contribution in [2.24, 2.45) is 0 Å². The van der Waals surface area contributed by atoms with Gasteiger partial charge in [0.05, 0.1) is 7.11 Å². The molecular formula is C16H15FO4. The summed E-state index contributed by atoms with van der Waals surface area (Å²) >= 11 is 0. The third-order valence-electron chi connectivity index (χ3n) is 2.99. The van der Waals surface area contributed by atoms with Crippen LogP contribution in [0.1, 0.15) is 11.5 Å². The normalized spacial score (nSPS) is 11.7. The average Bonchev–Trinajstić information content (AvgIpc) is 2.49. The van der Waals surface area contributed by atoms with E-state index in [1.54, 1.807) is 12.1 Å². The van der Waals surface area contributed by atoms with E-state index in [2.05, 4.69) is 0 Å². The van der Waals surface area contributed by atoms with Crippen molar-refractivity contribution in [1.82, 2.24) is 0 Å². The Balaban J connectivity index is 2.13. The Labute approximate surface area is 121 Å². The number of methoxy groups -OCH3 is 1. The molecule has 1 N–H and O–H groups in total. The molecule has 110 valence electrons. The second-order valence-corrected chi connectivity index (χ2v) is 4.44. The Morgan fingerprint density at radius 3 is 2.57 bits per heavy atom. The molecule has 5 heteroatoms. The van der Waals surface area contributed by atoms with Gasteiger partial charge in [-0.2, -0.15) is 0 Å². The van der Waals surface area contributed by atoms with Crippen molar-refractivity contribution in [3.05, 3.63) is 59.9 Å². The molecular weight excluding hydrogens is 275 g/mol. The maximum Gasteiger partial charge on any atom is 0.316 e. The molecule has 0 aromatic heterocycles. The topological polar surface area (TPSA) is 55.8 Å². The lowest BCUT2D eigenvalue weighted by molar-refractivity contribution is -0.143. The zero-order chi connectivity index (χ0) is 15.2. The summed E-state index contributed by atoms with van der Waals surface area (Å²) in [5.41, 5.74) is 0.587. The molecule has 2 aromatic carbocycles. The molecule has 0 aliphatic rings. The predicted octanol–water partition coefficient (Wildman–Crippen LogP) is 2.87. The van der Waals surface area contributed by atoms with Gasteiger partial charge in [-0.25, -0.2) is 4.39 Å². The largest absolute Gasteiger partial charge is 0.508 e. The summed E-state index contributed by atoms with van der Waals surface area (Å²) in [6, 6.07) is 11.8. The van der Waals surface area contributed by atoms with Gasteiger partial charge in [-0.15, -0.1) is 0 Å². The van der Waals surface area contributed by atoms with Gasteiger partial charge < -0.3 is 14.6 Å². The first-order chi connectivity index (χ1) is 10.1. The lowest BCUT2D eigenvalue weighted by Crippen LogP contribution is -2.21. The van der Waals surface area contributed by atoms with Gasteiger partial charge in [0, 0.05) is 0 Å². The molecule has 1 atom stereocenters. The van der Waals surface area contributed by atoms with Gasteiger partial charge in [-0.3, -0.25) is 4.79 Å². The first-order valence-corrected chi connectivity index (χ1v) is 6.35. The number of phenolic OH excluding ortho intramolecular Hbond substituents is 1. The molecule has 21 heavy (non-hydrogen) atoms. The minimum atomic E-state index is -0.674. The van der Waals surface area contributed by atoms with Crippen LogP contribution in [0.5, 0.6) is 11.5 Å². The number of hydrogen-bond acceptors (Lipinski definition) is 4. The fourth-order valence-corrected chi connectivity index (χ4v) is 1.89. The number of esters is 1. The van der Waals surface area contributed by atoms with Crippen molar-refractivity contribution < 1.29 is 23.8 Å². The van der Waals surface area contributed by atoms with E-state index in [1.165, 1.54) is 43.5 Å². The van der Waals surface area contributed by atoms with E-state index in [9.17, 15) is 14.3 Å². The lowest BCUT2D eigenvalue weighted by Gasteiger charge is -2.16. The summed E-state index contributed by atoms with van der Waals surface area (Å²) in [5.74, 6) is -0.997. The van der Waals surface area contributed by atoms with Gasteiger partial charge in [0.15, 0.2) is 0 Å². The number of carbonyl (C=O) groups is 1. The highest BCUT2D eigenvalue weighted by Gasteiger charge is 2.22. The number of benzene rings is 2. The molecule has 0 aliphatic carbocycles. The molecule has 0 saturated carbocycles. The quantitative estimate of drug-likeness (QED) is 0.860. The van der Waals surface area contributed by atoms with Crippen molar-refractivity contribution in [1.29, 1.82) is 0 Å². The summed E-state index contributed by atoms with van der Waals surface area (Å²) in [4.78, 5) is 11.9. The SMILES string of the molecule is COC(=O)C(COc1ccc(F)cc1)c1cccc(O)c1. The maximum atomic E-state index is 12.8. The summed E-state index contributed by atoms with van der Waals surface area (Å²) < 4.78 is 23.1. The fraction of sp³-hybridized carbons (Fsp3) is 0.188. The molecule has 0 heterocycles. The Morgan fingerprint density at radius 2 is 1.95 bits per heavy atom.